The molecule has 0 aliphatic carbocycles. The summed E-state index contributed by atoms with van der Waals surface area (Å²) < 4.78 is 27.5. The van der Waals surface area contributed by atoms with Gasteiger partial charge in [-0.05, 0) is 56.4 Å². The van der Waals surface area contributed by atoms with E-state index in [1.165, 1.54) is 22.9 Å². The number of anilines is 2. The molecule has 172 valence electrons. The number of rotatable bonds is 5. The normalized spacial score (nSPS) is 18.5. The number of nitrogens with one attached hydrogen (secondary N) is 1. The summed E-state index contributed by atoms with van der Waals surface area (Å²) in [5, 5.41) is 3.22. The van der Waals surface area contributed by atoms with Crippen molar-refractivity contribution in [2.45, 2.75) is 37.0 Å². The fraction of sp³-hybridized carbons (Fsp3) is 0.455. The number of pyridine rings is 1. The topological polar surface area (TPSA) is 82.6 Å². The number of amides is 1. The minimum atomic E-state index is -3.83. The van der Waals surface area contributed by atoms with Crippen LogP contribution in [0, 0.1) is 5.92 Å². The fourth-order valence-corrected chi connectivity index (χ4v) is 6.86. The van der Waals surface area contributed by atoms with E-state index in [-0.39, 0.29) is 39.9 Å². The summed E-state index contributed by atoms with van der Waals surface area (Å²) in [6.07, 6.45) is 6.03. The van der Waals surface area contributed by atoms with E-state index in [9.17, 15) is 13.2 Å². The monoisotopic (exact) mass is 496 g/mol. The van der Waals surface area contributed by atoms with Gasteiger partial charge in [0.2, 0.25) is 15.9 Å². The lowest BCUT2D eigenvalue weighted by molar-refractivity contribution is -0.120. The van der Waals surface area contributed by atoms with Crippen LogP contribution in [0.1, 0.15) is 32.1 Å². The average Bonchev–Trinajstić information content (AvgIpc) is 2.80. The summed E-state index contributed by atoms with van der Waals surface area (Å²) in [4.78, 5) is 19.6. The molecular weight excluding hydrogens is 471 g/mol. The van der Waals surface area contributed by atoms with Gasteiger partial charge >= 0.3 is 0 Å². The van der Waals surface area contributed by atoms with Gasteiger partial charge in [-0.25, -0.2) is 13.4 Å². The average molecular weight is 497 g/mol. The molecule has 1 amide bonds. The number of hydrogen-bond donors (Lipinski definition) is 1. The van der Waals surface area contributed by atoms with Gasteiger partial charge in [-0.15, -0.1) is 0 Å². The molecule has 0 spiro atoms. The Bertz CT molecular complexity index is 1060. The molecule has 0 bridgehead atoms. The van der Waals surface area contributed by atoms with Crippen molar-refractivity contribution in [1.82, 2.24) is 9.29 Å². The summed E-state index contributed by atoms with van der Waals surface area (Å²) in [7, 11) is -3.83. The smallest absolute Gasteiger partial charge is 0.246 e. The summed E-state index contributed by atoms with van der Waals surface area (Å²) >= 11 is 12.2. The van der Waals surface area contributed by atoms with Gasteiger partial charge in [-0.3, -0.25) is 4.79 Å². The molecule has 0 saturated carbocycles. The molecule has 2 aliphatic rings. The zero-order chi connectivity index (χ0) is 22.7. The van der Waals surface area contributed by atoms with Crippen LogP contribution in [-0.4, -0.2) is 49.8 Å². The van der Waals surface area contributed by atoms with Crippen molar-refractivity contribution in [2.75, 3.05) is 36.4 Å². The second-order valence-electron chi connectivity index (χ2n) is 8.14. The van der Waals surface area contributed by atoms with Crippen LogP contribution in [0.4, 0.5) is 11.5 Å². The third-order valence-corrected chi connectivity index (χ3v) is 8.90. The second kappa shape index (κ2) is 9.95. The molecule has 4 rings (SSSR count). The number of nitrogens with zero attached hydrogens (tertiary/aromatic N) is 3. The quantitative estimate of drug-likeness (QED) is 0.662. The molecule has 1 aromatic heterocycles. The predicted octanol–water partition coefficient (Wildman–Crippen LogP) is 4.42. The van der Waals surface area contributed by atoms with Crippen LogP contribution in [0.3, 0.4) is 0 Å². The standard InChI is InChI=1S/C22H26Cl2N4O3S/c23-17-6-4-7-18(24)20(17)32(30,31)28-14-9-16(10-15-28)22(29)26-19-8-5-11-25-21(19)27-12-2-1-3-13-27/h4-8,11,16H,1-3,9-10,12-15H2,(H,26,29). The van der Waals surface area contributed by atoms with Crippen molar-refractivity contribution < 1.29 is 13.2 Å². The molecule has 32 heavy (non-hydrogen) atoms. The number of carbonyl (C=O) groups excluding carboxylic acids is 1. The van der Waals surface area contributed by atoms with Crippen molar-refractivity contribution in [3.63, 3.8) is 0 Å². The lowest BCUT2D eigenvalue weighted by Gasteiger charge is -2.32. The lowest BCUT2D eigenvalue weighted by Crippen LogP contribution is -2.41. The first-order chi connectivity index (χ1) is 15.4. The lowest BCUT2D eigenvalue weighted by atomic mass is 9.97. The van der Waals surface area contributed by atoms with Crippen LogP contribution in [0.5, 0.6) is 0 Å². The summed E-state index contributed by atoms with van der Waals surface area (Å²) in [6.45, 7) is 2.32. The van der Waals surface area contributed by atoms with Crippen molar-refractivity contribution in [2.24, 2.45) is 5.92 Å². The van der Waals surface area contributed by atoms with Crippen LogP contribution in [0.15, 0.2) is 41.4 Å². The Morgan fingerprint density at radius 2 is 1.62 bits per heavy atom. The molecule has 2 fully saturated rings. The van der Waals surface area contributed by atoms with Gasteiger partial charge in [0.05, 0.1) is 15.7 Å². The Hall–Kier alpha value is -1.87. The largest absolute Gasteiger partial charge is 0.355 e. The molecule has 2 saturated heterocycles. The molecule has 1 aromatic carbocycles. The first-order valence-electron chi connectivity index (χ1n) is 10.8. The molecule has 2 aromatic rings. The van der Waals surface area contributed by atoms with Gasteiger partial charge in [-0.1, -0.05) is 29.3 Å². The number of sulfonamides is 1. The Kier molecular flexibility index (Phi) is 7.24. The van der Waals surface area contributed by atoms with Crippen LogP contribution < -0.4 is 10.2 Å². The van der Waals surface area contributed by atoms with E-state index >= 15 is 0 Å². The number of hydrogen-bond acceptors (Lipinski definition) is 5. The number of carbonyl (C=O) groups is 1. The Morgan fingerprint density at radius 3 is 2.28 bits per heavy atom. The van der Waals surface area contributed by atoms with Crippen molar-refractivity contribution >= 4 is 50.6 Å². The molecule has 1 N–H and O–H groups in total. The molecule has 0 radical (unpaired) electrons. The summed E-state index contributed by atoms with van der Waals surface area (Å²) in [5.41, 5.74) is 0.706. The molecule has 0 atom stereocenters. The van der Waals surface area contributed by atoms with Crippen LogP contribution >= 0.6 is 23.2 Å². The van der Waals surface area contributed by atoms with Gasteiger partial charge in [0.15, 0.2) is 5.82 Å². The molecule has 2 aliphatic heterocycles. The van der Waals surface area contributed by atoms with E-state index in [1.54, 1.807) is 12.3 Å². The van der Waals surface area contributed by atoms with Gasteiger partial charge in [0, 0.05) is 38.3 Å². The van der Waals surface area contributed by atoms with Crippen molar-refractivity contribution in [1.29, 1.82) is 0 Å². The van der Waals surface area contributed by atoms with E-state index in [0.29, 0.717) is 18.5 Å². The van der Waals surface area contributed by atoms with Crippen LogP contribution in [-0.2, 0) is 14.8 Å². The maximum Gasteiger partial charge on any atom is 0.246 e. The maximum atomic E-state index is 13.1. The minimum absolute atomic E-state index is 0.0761. The Labute approximate surface area is 198 Å². The molecule has 7 nitrogen and oxygen atoms in total. The van der Waals surface area contributed by atoms with Gasteiger partial charge in [-0.2, -0.15) is 4.31 Å². The van der Waals surface area contributed by atoms with Crippen LogP contribution in [0.25, 0.3) is 0 Å². The second-order valence-corrected chi connectivity index (χ2v) is 10.8. The highest BCUT2D eigenvalue weighted by molar-refractivity contribution is 7.89. The first-order valence-corrected chi connectivity index (χ1v) is 13.0. The number of aromatic nitrogens is 1. The Balaban J connectivity index is 1.42. The molecule has 10 heteroatoms. The van der Waals surface area contributed by atoms with Crippen molar-refractivity contribution in [3.8, 4) is 0 Å². The Morgan fingerprint density at radius 1 is 0.969 bits per heavy atom. The highest BCUT2D eigenvalue weighted by Crippen LogP contribution is 2.34. The summed E-state index contributed by atoms with van der Waals surface area (Å²) in [5.74, 6) is 0.413. The van der Waals surface area contributed by atoms with E-state index in [2.05, 4.69) is 15.2 Å². The first kappa shape index (κ1) is 23.3. The minimum Gasteiger partial charge on any atom is -0.355 e. The number of piperidine rings is 2. The molecular formula is C22H26Cl2N4O3S. The molecule has 0 unspecified atom stereocenters. The van der Waals surface area contributed by atoms with Gasteiger partial charge < -0.3 is 10.2 Å². The SMILES string of the molecule is O=C(Nc1cccnc1N1CCCCC1)C1CCN(S(=O)(=O)c2c(Cl)cccc2Cl)CC1. The summed E-state index contributed by atoms with van der Waals surface area (Å²) in [6, 6.07) is 8.30. The third-order valence-electron chi connectivity index (χ3n) is 6.04. The van der Waals surface area contributed by atoms with E-state index in [0.717, 1.165) is 31.7 Å². The predicted molar refractivity (Wildman–Crippen MR) is 127 cm³/mol. The number of benzene rings is 1. The highest BCUT2D eigenvalue weighted by atomic mass is 35.5. The van der Waals surface area contributed by atoms with E-state index in [1.807, 2.05) is 12.1 Å². The molecule has 3 heterocycles. The zero-order valence-corrected chi connectivity index (χ0v) is 20.0. The van der Waals surface area contributed by atoms with Crippen molar-refractivity contribution in [3.05, 3.63) is 46.6 Å². The van der Waals surface area contributed by atoms with E-state index < -0.39 is 10.0 Å². The zero-order valence-electron chi connectivity index (χ0n) is 17.6. The fourth-order valence-electron chi connectivity index (χ4n) is 4.30. The maximum absolute atomic E-state index is 13.1. The van der Waals surface area contributed by atoms with E-state index in [4.69, 9.17) is 23.2 Å². The van der Waals surface area contributed by atoms with Gasteiger partial charge in [0.25, 0.3) is 0 Å². The highest BCUT2D eigenvalue weighted by Gasteiger charge is 2.34. The van der Waals surface area contributed by atoms with Crippen LogP contribution in [0.2, 0.25) is 10.0 Å². The number of halogens is 2. The van der Waals surface area contributed by atoms with Gasteiger partial charge in [0.1, 0.15) is 4.90 Å². The third kappa shape index (κ3) is 4.88.